The molecule has 5 heteroatoms. The van der Waals surface area contributed by atoms with Gasteiger partial charge < -0.3 is 15.2 Å². The molecule has 26 heavy (non-hydrogen) atoms. The van der Waals surface area contributed by atoms with E-state index in [1.807, 2.05) is 26.0 Å². The number of carbonyl (C=O) groups excluding carboxylic acids is 1. The van der Waals surface area contributed by atoms with E-state index >= 15 is 0 Å². The van der Waals surface area contributed by atoms with Gasteiger partial charge in [-0.3, -0.25) is 9.78 Å². The number of primary amides is 1. The van der Waals surface area contributed by atoms with E-state index in [2.05, 4.69) is 11.9 Å². The zero-order valence-electron chi connectivity index (χ0n) is 15.6. The number of ether oxygens (including phenoxy) is 2. The van der Waals surface area contributed by atoms with Gasteiger partial charge in [0.15, 0.2) is 0 Å². The Morgan fingerprint density at radius 3 is 2.69 bits per heavy atom. The van der Waals surface area contributed by atoms with Crippen LogP contribution in [0.3, 0.4) is 0 Å². The van der Waals surface area contributed by atoms with Crippen LogP contribution in [0.1, 0.15) is 50.4 Å². The number of aromatic nitrogens is 1. The second kappa shape index (κ2) is 6.45. The average molecular weight is 354 g/mol. The third-order valence-corrected chi connectivity index (χ3v) is 6.01. The van der Waals surface area contributed by atoms with Crippen molar-refractivity contribution >= 4 is 16.8 Å². The Morgan fingerprint density at radius 1 is 1.27 bits per heavy atom. The van der Waals surface area contributed by atoms with Crippen molar-refractivity contribution in [1.82, 2.24) is 4.98 Å². The lowest BCUT2D eigenvalue weighted by Crippen LogP contribution is -2.24. The van der Waals surface area contributed by atoms with Crippen LogP contribution in [0.25, 0.3) is 10.9 Å². The first-order valence-corrected chi connectivity index (χ1v) is 9.50. The molecule has 2 N–H and O–H groups in total. The molecule has 2 aliphatic rings. The van der Waals surface area contributed by atoms with Crippen LogP contribution in [0.2, 0.25) is 0 Å². The highest BCUT2D eigenvalue weighted by Crippen LogP contribution is 2.50. The molecule has 2 bridgehead atoms. The maximum Gasteiger partial charge on any atom is 0.252 e. The van der Waals surface area contributed by atoms with Crippen molar-refractivity contribution in [3.8, 4) is 11.5 Å². The molecule has 0 saturated heterocycles. The fourth-order valence-corrected chi connectivity index (χ4v) is 4.70. The van der Waals surface area contributed by atoms with Crippen molar-refractivity contribution in [2.24, 2.45) is 23.5 Å². The first-order chi connectivity index (χ1) is 12.4. The Kier molecular flexibility index (Phi) is 4.25. The second-order valence-corrected chi connectivity index (χ2v) is 7.96. The van der Waals surface area contributed by atoms with Crippen molar-refractivity contribution < 1.29 is 14.3 Å². The molecule has 5 nitrogen and oxygen atoms in total. The molecule has 0 radical (unpaired) electrons. The fraction of sp³-hybridized carbons (Fsp3) is 0.524. The molecule has 2 aliphatic carbocycles. The number of rotatable bonds is 5. The molecule has 4 rings (SSSR count). The minimum absolute atomic E-state index is 0.0574. The third-order valence-electron chi connectivity index (χ3n) is 6.01. The molecular formula is C21H26N2O3. The van der Waals surface area contributed by atoms with E-state index in [0.717, 1.165) is 29.4 Å². The highest BCUT2D eigenvalue weighted by molar-refractivity contribution is 6.01. The minimum atomic E-state index is -0.516. The van der Waals surface area contributed by atoms with Gasteiger partial charge in [-0.1, -0.05) is 6.92 Å². The molecule has 1 heterocycles. The first-order valence-electron chi connectivity index (χ1n) is 9.50. The van der Waals surface area contributed by atoms with Gasteiger partial charge in [0.05, 0.1) is 17.2 Å². The van der Waals surface area contributed by atoms with Gasteiger partial charge in [0, 0.05) is 11.6 Å². The van der Waals surface area contributed by atoms with Crippen molar-refractivity contribution in [3.05, 3.63) is 30.0 Å². The number of carbonyl (C=O) groups is 1. The number of hydrogen-bond acceptors (Lipinski definition) is 4. The topological polar surface area (TPSA) is 74.4 Å². The minimum Gasteiger partial charge on any atom is -0.490 e. The summed E-state index contributed by atoms with van der Waals surface area (Å²) in [5.41, 5.74) is 6.58. The highest BCUT2D eigenvalue weighted by Gasteiger charge is 2.46. The smallest absolute Gasteiger partial charge is 0.252 e. The zero-order chi connectivity index (χ0) is 18.4. The molecule has 1 amide bonds. The maximum absolute atomic E-state index is 11.8. The van der Waals surface area contributed by atoms with Crippen LogP contribution in [0.4, 0.5) is 0 Å². The van der Waals surface area contributed by atoms with Gasteiger partial charge in [0.25, 0.3) is 5.91 Å². The Bertz CT molecular complexity index is 849. The predicted octanol–water partition coefficient (Wildman–Crippen LogP) is 3.93. The molecule has 0 spiro atoms. The molecule has 138 valence electrons. The molecule has 1 aromatic heterocycles. The van der Waals surface area contributed by atoms with E-state index in [9.17, 15) is 4.79 Å². The summed E-state index contributed by atoms with van der Waals surface area (Å²) in [6.07, 6.45) is 5.65. The lowest BCUT2D eigenvalue weighted by molar-refractivity contribution is 0.0994. The summed E-state index contributed by atoms with van der Waals surface area (Å²) < 4.78 is 12.3. The van der Waals surface area contributed by atoms with Crippen LogP contribution in [-0.4, -0.2) is 23.1 Å². The quantitative estimate of drug-likeness (QED) is 0.883. The van der Waals surface area contributed by atoms with Crippen LogP contribution in [0.15, 0.2) is 24.4 Å². The number of amides is 1. The second-order valence-electron chi connectivity index (χ2n) is 7.96. The summed E-state index contributed by atoms with van der Waals surface area (Å²) in [5.74, 6) is 2.95. The van der Waals surface area contributed by atoms with Crippen molar-refractivity contribution in [2.75, 3.05) is 0 Å². The van der Waals surface area contributed by atoms with Crippen LogP contribution in [-0.2, 0) is 0 Å². The fourth-order valence-electron chi connectivity index (χ4n) is 4.70. The number of pyridine rings is 1. The summed E-state index contributed by atoms with van der Waals surface area (Å²) in [6.45, 7) is 6.20. The van der Waals surface area contributed by atoms with Crippen molar-refractivity contribution in [1.29, 1.82) is 0 Å². The SMILES string of the molecule is CC(C)Oc1cc2c(O[C@@H]3CC4CC[C@H]3[C@@H]4C)ccnc2cc1C(N)=O. The van der Waals surface area contributed by atoms with Gasteiger partial charge in [-0.05, 0) is 69.1 Å². The molecule has 1 unspecified atom stereocenters. The van der Waals surface area contributed by atoms with Gasteiger partial charge in [-0.2, -0.15) is 0 Å². The third kappa shape index (κ3) is 2.89. The summed E-state index contributed by atoms with van der Waals surface area (Å²) in [4.78, 5) is 16.2. The lowest BCUT2D eigenvalue weighted by atomic mass is 9.97. The van der Waals surface area contributed by atoms with Crippen molar-refractivity contribution in [3.63, 3.8) is 0 Å². The summed E-state index contributed by atoms with van der Waals surface area (Å²) >= 11 is 0. The average Bonchev–Trinajstić information content (AvgIpc) is 3.08. The number of benzene rings is 1. The number of nitrogens with two attached hydrogens (primary N) is 1. The van der Waals surface area contributed by atoms with E-state index in [0.29, 0.717) is 22.7 Å². The Morgan fingerprint density at radius 2 is 2.08 bits per heavy atom. The largest absolute Gasteiger partial charge is 0.490 e. The molecule has 2 fully saturated rings. The van der Waals surface area contributed by atoms with E-state index in [1.165, 1.54) is 12.8 Å². The van der Waals surface area contributed by atoms with Gasteiger partial charge in [-0.15, -0.1) is 0 Å². The highest BCUT2D eigenvalue weighted by atomic mass is 16.5. The van der Waals surface area contributed by atoms with Crippen LogP contribution in [0.5, 0.6) is 11.5 Å². The Hall–Kier alpha value is -2.30. The van der Waals surface area contributed by atoms with E-state index < -0.39 is 5.91 Å². The van der Waals surface area contributed by atoms with Gasteiger partial charge in [0.2, 0.25) is 0 Å². The Labute approximate surface area is 153 Å². The molecule has 0 aliphatic heterocycles. The lowest BCUT2D eigenvalue weighted by Gasteiger charge is -2.24. The number of hydrogen-bond donors (Lipinski definition) is 1. The molecule has 1 aromatic carbocycles. The molecule has 4 atom stereocenters. The normalized spacial score (nSPS) is 27.2. The molecular weight excluding hydrogens is 328 g/mol. The summed E-state index contributed by atoms with van der Waals surface area (Å²) in [6, 6.07) is 5.45. The number of nitrogens with zero attached hydrogens (tertiary/aromatic N) is 1. The van der Waals surface area contributed by atoms with E-state index in [4.69, 9.17) is 15.2 Å². The monoisotopic (exact) mass is 354 g/mol. The van der Waals surface area contributed by atoms with E-state index in [-0.39, 0.29) is 12.2 Å². The molecule has 2 aromatic rings. The van der Waals surface area contributed by atoms with Crippen LogP contribution >= 0.6 is 0 Å². The zero-order valence-corrected chi connectivity index (χ0v) is 15.6. The number of fused-ring (bicyclic) bond motifs is 3. The van der Waals surface area contributed by atoms with Crippen LogP contribution in [0, 0.1) is 17.8 Å². The first kappa shape index (κ1) is 17.1. The standard InChI is InChI=1S/C21H26N2O3/c1-11(2)25-20-10-15-17(9-16(20)21(22)24)23-7-6-18(15)26-19-8-13-4-5-14(19)12(13)3/h6-7,9-14,19H,4-5,8H2,1-3H3,(H2,22,24)/t12-,13?,14+,19-/m1/s1. The molecule has 2 saturated carbocycles. The van der Waals surface area contributed by atoms with Crippen LogP contribution < -0.4 is 15.2 Å². The van der Waals surface area contributed by atoms with Gasteiger partial charge in [0.1, 0.15) is 17.6 Å². The van der Waals surface area contributed by atoms with Gasteiger partial charge in [-0.25, -0.2) is 0 Å². The van der Waals surface area contributed by atoms with Gasteiger partial charge >= 0.3 is 0 Å². The summed E-state index contributed by atoms with van der Waals surface area (Å²) in [7, 11) is 0. The Balaban J connectivity index is 1.72. The maximum atomic E-state index is 11.8. The summed E-state index contributed by atoms with van der Waals surface area (Å²) in [5, 5.41) is 0.864. The van der Waals surface area contributed by atoms with E-state index in [1.54, 1.807) is 12.3 Å². The predicted molar refractivity (Wildman–Crippen MR) is 100 cm³/mol. The van der Waals surface area contributed by atoms with Crippen molar-refractivity contribution in [2.45, 2.75) is 52.2 Å².